The van der Waals surface area contributed by atoms with Crippen LogP contribution in [0, 0.1) is 0 Å². The molecule has 0 aromatic rings. The van der Waals surface area contributed by atoms with E-state index in [-0.39, 0.29) is 19.0 Å². The third-order valence-electron chi connectivity index (χ3n) is 0.851. The molecule has 0 radical (unpaired) electrons. The molecule has 2 amide bonds. The molecule has 72 valence electrons. The van der Waals surface area contributed by atoms with Crippen molar-refractivity contribution in [1.82, 2.24) is 10.6 Å². The highest BCUT2D eigenvalue weighted by Gasteiger charge is 1.97. The molecule has 12 heavy (non-hydrogen) atoms. The Kier molecular flexibility index (Phi) is 10.8. The zero-order chi connectivity index (χ0) is 9.98. The second-order valence-corrected chi connectivity index (χ2v) is 1.65. The number of carboxylic acid groups (broad SMARTS) is 1. The maximum Gasteiger partial charge on any atom is 0.314 e. The smallest absolute Gasteiger partial charge is 0.314 e. The highest BCUT2D eigenvalue weighted by atomic mass is 16.4. The van der Waals surface area contributed by atoms with Crippen LogP contribution in [0.15, 0.2) is 0 Å². The van der Waals surface area contributed by atoms with Gasteiger partial charge in [0.1, 0.15) is 0 Å². The molecule has 0 aliphatic rings. The Balaban J connectivity index is 0. The maximum absolute atomic E-state index is 10.4. The molecule has 5 nitrogen and oxygen atoms in total. The number of hydrogen-bond acceptors (Lipinski definition) is 2. The number of carboxylic acids is 1. The van der Waals surface area contributed by atoms with Gasteiger partial charge in [0.05, 0.1) is 6.42 Å². The summed E-state index contributed by atoms with van der Waals surface area (Å²) in [4.78, 5) is 20.3. The van der Waals surface area contributed by atoms with E-state index in [2.05, 4.69) is 10.6 Å². The largest absolute Gasteiger partial charge is 0.481 e. The lowest BCUT2D eigenvalue weighted by molar-refractivity contribution is -0.136. The number of nitrogens with one attached hydrogen (secondary N) is 2. The maximum atomic E-state index is 10.4. The van der Waals surface area contributed by atoms with Gasteiger partial charge in [-0.25, -0.2) is 4.79 Å². The fraction of sp³-hybridized carbons (Fsp3) is 0.714. The van der Waals surface area contributed by atoms with E-state index < -0.39 is 5.97 Å². The molecular formula is C7H16N2O3. The highest BCUT2D eigenvalue weighted by molar-refractivity contribution is 5.74. The van der Waals surface area contributed by atoms with Crippen LogP contribution < -0.4 is 10.6 Å². The quantitative estimate of drug-likeness (QED) is 0.583. The van der Waals surface area contributed by atoms with Crippen molar-refractivity contribution < 1.29 is 14.7 Å². The number of urea groups is 1. The standard InChI is InChI=1S/C5H10N2O3.C2H6/c1-6-5(10)7-3-2-4(8)9;1-2/h2-3H2,1H3,(H,8,9)(H2,6,7,10);1-2H3. The van der Waals surface area contributed by atoms with Crippen LogP contribution in [0.2, 0.25) is 0 Å². The Hall–Kier alpha value is -1.26. The molecule has 0 unspecified atom stereocenters. The van der Waals surface area contributed by atoms with Gasteiger partial charge in [-0.3, -0.25) is 4.79 Å². The van der Waals surface area contributed by atoms with Gasteiger partial charge < -0.3 is 15.7 Å². The van der Waals surface area contributed by atoms with Crippen LogP contribution >= 0.6 is 0 Å². The monoisotopic (exact) mass is 176 g/mol. The summed E-state index contributed by atoms with van der Waals surface area (Å²) < 4.78 is 0. The van der Waals surface area contributed by atoms with E-state index in [9.17, 15) is 9.59 Å². The van der Waals surface area contributed by atoms with Crippen molar-refractivity contribution >= 4 is 12.0 Å². The third-order valence-corrected chi connectivity index (χ3v) is 0.851. The van der Waals surface area contributed by atoms with E-state index >= 15 is 0 Å². The number of aliphatic carboxylic acids is 1. The fourth-order valence-electron chi connectivity index (χ4n) is 0.371. The molecule has 0 saturated heterocycles. The van der Waals surface area contributed by atoms with E-state index in [1.54, 1.807) is 0 Å². The van der Waals surface area contributed by atoms with Crippen molar-refractivity contribution in [3.63, 3.8) is 0 Å². The molecule has 5 heteroatoms. The van der Waals surface area contributed by atoms with Gasteiger partial charge in [0.2, 0.25) is 0 Å². The highest BCUT2D eigenvalue weighted by Crippen LogP contribution is 1.73. The van der Waals surface area contributed by atoms with Crippen LogP contribution in [-0.2, 0) is 4.79 Å². The van der Waals surface area contributed by atoms with Gasteiger partial charge in [-0.05, 0) is 0 Å². The van der Waals surface area contributed by atoms with Crippen LogP contribution in [0.25, 0.3) is 0 Å². The van der Waals surface area contributed by atoms with Crippen LogP contribution in [0.4, 0.5) is 4.79 Å². The molecule has 0 aromatic carbocycles. The number of rotatable bonds is 3. The SMILES string of the molecule is CC.CNC(=O)NCCC(=O)O. The summed E-state index contributed by atoms with van der Waals surface area (Å²) in [5, 5.41) is 12.8. The van der Waals surface area contributed by atoms with Gasteiger partial charge in [0, 0.05) is 13.6 Å². The van der Waals surface area contributed by atoms with E-state index in [0.29, 0.717) is 0 Å². The molecule has 0 aliphatic heterocycles. The summed E-state index contributed by atoms with van der Waals surface area (Å²) >= 11 is 0. The minimum atomic E-state index is -0.920. The van der Waals surface area contributed by atoms with Crippen molar-refractivity contribution in [2.24, 2.45) is 0 Å². The molecular weight excluding hydrogens is 160 g/mol. The van der Waals surface area contributed by atoms with Crippen LogP contribution in [-0.4, -0.2) is 30.7 Å². The number of carbonyl (C=O) groups is 2. The van der Waals surface area contributed by atoms with Gasteiger partial charge in [-0.1, -0.05) is 13.8 Å². The van der Waals surface area contributed by atoms with Crippen molar-refractivity contribution in [3.05, 3.63) is 0 Å². The van der Waals surface area contributed by atoms with E-state index in [1.807, 2.05) is 13.8 Å². The second-order valence-electron chi connectivity index (χ2n) is 1.65. The molecule has 0 atom stereocenters. The van der Waals surface area contributed by atoms with Crippen LogP contribution in [0.3, 0.4) is 0 Å². The normalized spacial score (nSPS) is 7.58. The summed E-state index contributed by atoms with van der Waals surface area (Å²) in [6, 6.07) is -0.360. The van der Waals surface area contributed by atoms with Crippen molar-refractivity contribution in [3.8, 4) is 0 Å². The molecule has 0 heterocycles. The lowest BCUT2D eigenvalue weighted by atomic mass is 10.4. The van der Waals surface area contributed by atoms with Crippen molar-refractivity contribution in [2.45, 2.75) is 20.3 Å². The Morgan fingerprint density at radius 1 is 1.33 bits per heavy atom. The predicted molar refractivity (Wildman–Crippen MR) is 46.1 cm³/mol. The predicted octanol–water partition coefficient (Wildman–Crippen LogP) is 0.416. The molecule has 0 fully saturated rings. The summed E-state index contributed by atoms with van der Waals surface area (Å²) in [5.74, 6) is -0.920. The summed E-state index contributed by atoms with van der Waals surface area (Å²) in [6.45, 7) is 4.16. The first-order valence-corrected chi connectivity index (χ1v) is 3.84. The molecule has 0 rings (SSSR count). The fourth-order valence-corrected chi connectivity index (χ4v) is 0.371. The Labute approximate surface area is 72.2 Å². The number of amides is 2. The number of carbonyl (C=O) groups excluding carboxylic acids is 1. The van der Waals surface area contributed by atoms with Crippen molar-refractivity contribution in [1.29, 1.82) is 0 Å². The van der Waals surface area contributed by atoms with Gasteiger partial charge in [-0.15, -0.1) is 0 Å². The van der Waals surface area contributed by atoms with Gasteiger partial charge in [-0.2, -0.15) is 0 Å². The Bertz CT molecular complexity index is 137. The zero-order valence-corrected chi connectivity index (χ0v) is 7.68. The van der Waals surface area contributed by atoms with E-state index in [0.717, 1.165) is 0 Å². The first kappa shape index (κ1) is 13.3. The molecule has 0 aromatic heterocycles. The number of hydrogen-bond donors (Lipinski definition) is 3. The Morgan fingerprint density at radius 2 is 1.83 bits per heavy atom. The lowest BCUT2D eigenvalue weighted by Crippen LogP contribution is -2.34. The van der Waals surface area contributed by atoms with Crippen LogP contribution in [0.5, 0.6) is 0 Å². The molecule has 0 saturated carbocycles. The summed E-state index contributed by atoms with van der Waals surface area (Å²) in [6.07, 6.45) is -0.0482. The summed E-state index contributed by atoms with van der Waals surface area (Å²) in [7, 11) is 1.47. The van der Waals surface area contributed by atoms with Crippen LogP contribution in [0.1, 0.15) is 20.3 Å². The molecule has 0 aliphatic carbocycles. The summed E-state index contributed by atoms with van der Waals surface area (Å²) in [5.41, 5.74) is 0. The molecule has 0 spiro atoms. The van der Waals surface area contributed by atoms with Crippen molar-refractivity contribution in [2.75, 3.05) is 13.6 Å². The average molecular weight is 176 g/mol. The second kappa shape index (κ2) is 9.74. The lowest BCUT2D eigenvalue weighted by Gasteiger charge is -1.99. The van der Waals surface area contributed by atoms with Gasteiger partial charge in [0.15, 0.2) is 0 Å². The Morgan fingerprint density at radius 3 is 2.17 bits per heavy atom. The molecule has 3 N–H and O–H groups in total. The molecule has 0 bridgehead atoms. The topological polar surface area (TPSA) is 78.4 Å². The van der Waals surface area contributed by atoms with E-state index in [1.165, 1.54) is 7.05 Å². The van der Waals surface area contributed by atoms with Gasteiger partial charge >= 0.3 is 12.0 Å². The first-order valence-electron chi connectivity index (χ1n) is 3.84. The first-order chi connectivity index (χ1) is 5.66. The zero-order valence-electron chi connectivity index (χ0n) is 7.68. The van der Waals surface area contributed by atoms with E-state index in [4.69, 9.17) is 5.11 Å². The average Bonchev–Trinajstić information content (AvgIpc) is 2.07. The van der Waals surface area contributed by atoms with Gasteiger partial charge in [0.25, 0.3) is 0 Å². The third kappa shape index (κ3) is 11.5. The minimum Gasteiger partial charge on any atom is -0.481 e. The minimum absolute atomic E-state index is 0.0482.